The van der Waals surface area contributed by atoms with Crippen molar-refractivity contribution < 1.29 is 4.79 Å². The molecule has 0 aliphatic carbocycles. The molecule has 0 heterocycles. The number of hydrogen-bond acceptors (Lipinski definition) is 1. The summed E-state index contributed by atoms with van der Waals surface area (Å²) >= 11 is 8.15. The van der Waals surface area contributed by atoms with Crippen LogP contribution in [-0.4, -0.2) is 11.4 Å². The molecule has 0 fully saturated rings. The van der Waals surface area contributed by atoms with Crippen molar-refractivity contribution in [3.8, 4) is 0 Å². The minimum Gasteiger partial charge on any atom is -0.347 e. The van der Waals surface area contributed by atoms with Crippen LogP contribution in [0.2, 0.25) is 5.02 Å². The van der Waals surface area contributed by atoms with E-state index in [2.05, 4.69) is 48.7 Å². The van der Waals surface area contributed by atoms with Gasteiger partial charge in [0.05, 0.1) is 5.02 Å². The summed E-state index contributed by atoms with van der Waals surface area (Å²) in [5.74, 6) is -0.0606. The molecule has 0 aliphatic rings. The third kappa shape index (κ3) is 3.85. The molecule has 0 saturated heterocycles. The number of halogens is 2. The lowest BCUT2D eigenvalue weighted by Gasteiger charge is -2.28. The molecule has 1 aromatic carbocycles. The molecule has 94 valence electrons. The Labute approximate surface area is 121 Å². The van der Waals surface area contributed by atoms with Crippen LogP contribution in [0.25, 0.3) is 0 Å². The maximum atomic E-state index is 12.1. The van der Waals surface area contributed by atoms with E-state index in [-0.39, 0.29) is 11.4 Å². The maximum absolute atomic E-state index is 12.1. The third-order valence-corrected chi connectivity index (χ3v) is 4.73. The largest absolute Gasteiger partial charge is 0.347 e. The summed E-state index contributed by atoms with van der Waals surface area (Å²) in [6, 6.07) is 5.37. The number of benzene rings is 1. The molecule has 1 aromatic rings. The van der Waals surface area contributed by atoms with Gasteiger partial charge in [-0.25, -0.2) is 0 Å². The second kappa shape index (κ2) is 6.05. The van der Waals surface area contributed by atoms with Crippen LogP contribution < -0.4 is 5.32 Å². The van der Waals surface area contributed by atoms with Crippen molar-refractivity contribution in [3.63, 3.8) is 0 Å². The van der Waals surface area contributed by atoms with Gasteiger partial charge in [-0.05, 0) is 60.6 Å². The SMILES string of the molecule is CCC(C)(CC)NC(=O)c1ccc(I)c(Cl)c1. The molecule has 1 amide bonds. The smallest absolute Gasteiger partial charge is 0.251 e. The summed E-state index contributed by atoms with van der Waals surface area (Å²) < 4.78 is 0.953. The number of carbonyl (C=O) groups excluding carboxylic acids is 1. The minimum absolute atomic E-state index is 0.0606. The van der Waals surface area contributed by atoms with Crippen LogP contribution in [0, 0.1) is 3.57 Å². The normalized spacial score (nSPS) is 11.4. The van der Waals surface area contributed by atoms with Gasteiger partial charge in [-0.15, -0.1) is 0 Å². The molecule has 0 radical (unpaired) electrons. The summed E-state index contributed by atoms with van der Waals surface area (Å²) in [4.78, 5) is 12.1. The van der Waals surface area contributed by atoms with E-state index in [9.17, 15) is 4.79 Å². The molecule has 17 heavy (non-hydrogen) atoms. The van der Waals surface area contributed by atoms with Crippen LogP contribution in [0.15, 0.2) is 18.2 Å². The molecule has 1 N–H and O–H groups in total. The van der Waals surface area contributed by atoms with Gasteiger partial charge in [-0.1, -0.05) is 25.4 Å². The van der Waals surface area contributed by atoms with E-state index in [4.69, 9.17) is 11.6 Å². The lowest BCUT2D eigenvalue weighted by molar-refractivity contribution is 0.0901. The summed E-state index contributed by atoms with van der Waals surface area (Å²) in [5.41, 5.74) is 0.468. The molecule has 0 aliphatic heterocycles. The Bertz CT molecular complexity index is 416. The van der Waals surface area contributed by atoms with Gasteiger partial charge < -0.3 is 5.32 Å². The molecule has 0 unspecified atom stereocenters. The van der Waals surface area contributed by atoms with E-state index in [1.165, 1.54) is 0 Å². The van der Waals surface area contributed by atoms with Crippen LogP contribution in [0.4, 0.5) is 0 Å². The van der Waals surface area contributed by atoms with Gasteiger partial charge in [0.15, 0.2) is 0 Å². The zero-order valence-electron chi connectivity index (χ0n) is 10.3. The highest BCUT2D eigenvalue weighted by Gasteiger charge is 2.22. The standard InChI is InChI=1S/C13H17ClINO/c1-4-13(3,5-2)16-12(17)9-6-7-11(15)10(14)8-9/h6-8H,4-5H2,1-3H3,(H,16,17). The van der Waals surface area contributed by atoms with E-state index in [0.29, 0.717) is 10.6 Å². The first-order valence-corrected chi connectivity index (χ1v) is 7.15. The predicted molar refractivity (Wildman–Crippen MR) is 80.6 cm³/mol. The molecule has 0 atom stereocenters. The van der Waals surface area contributed by atoms with Gasteiger partial charge >= 0.3 is 0 Å². The Morgan fingerprint density at radius 3 is 2.47 bits per heavy atom. The van der Waals surface area contributed by atoms with E-state index in [1.54, 1.807) is 12.1 Å². The predicted octanol–water partition coefficient (Wildman–Crippen LogP) is 4.25. The highest BCUT2D eigenvalue weighted by molar-refractivity contribution is 14.1. The van der Waals surface area contributed by atoms with Gasteiger partial charge in [0, 0.05) is 14.7 Å². The molecule has 2 nitrogen and oxygen atoms in total. The summed E-state index contributed by atoms with van der Waals surface area (Å²) in [6.07, 6.45) is 1.82. The van der Waals surface area contributed by atoms with Gasteiger partial charge in [0.25, 0.3) is 5.91 Å². The van der Waals surface area contributed by atoms with Crippen molar-refractivity contribution in [2.45, 2.75) is 39.2 Å². The fourth-order valence-corrected chi connectivity index (χ4v) is 1.93. The Kier molecular flexibility index (Phi) is 5.25. The van der Waals surface area contributed by atoms with Crippen molar-refractivity contribution in [2.24, 2.45) is 0 Å². The Hall–Kier alpha value is -0.290. The molecular formula is C13H17ClINO. The van der Waals surface area contributed by atoms with Gasteiger partial charge in [-0.2, -0.15) is 0 Å². The number of amides is 1. The fourth-order valence-electron chi connectivity index (χ4n) is 1.41. The average molecular weight is 366 g/mol. The zero-order valence-corrected chi connectivity index (χ0v) is 13.2. The van der Waals surface area contributed by atoms with Crippen LogP contribution in [0.1, 0.15) is 44.0 Å². The highest BCUT2D eigenvalue weighted by atomic mass is 127. The van der Waals surface area contributed by atoms with Gasteiger partial charge in [-0.3, -0.25) is 4.79 Å². The first-order valence-electron chi connectivity index (χ1n) is 5.69. The van der Waals surface area contributed by atoms with E-state index >= 15 is 0 Å². The van der Waals surface area contributed by atoms with Crippen molar-refractivity contribution in [2.75, 3.05) is 0 Å². The summed E-state index contributed by atoms with van der Waals surface area (Å²) in [6.45, 7) is 6.20. The van der Waals surface area contributed by atoms with Gasteiger partial charge in [0.2, 0.25) is 0 Å². The van der Waals surface area contributed by atoms with E-state index in [0.717, 1.165) is 16.4 Å². The fraction of sp³-hybridized carbons (Fsp3) is 0.462. The van der Waals surface area contributed by atoms with E-state index in [1.807, 2.05) is 6.07 Å². The van der Waals surface area contributed by atoms with Crippen LogP contribution in [0.3, 0.4) is 0 Å². The lowest BCUT2D eigenvalue weighted by Crippen LogP contribution is -2.44. The Morgan fingerprint density at radius 1 is 1.41 bits per heavy atom. The topological polar surface area (TPSA) is 29.1 Å². The van der Waals surface area contributed by atoms with Crippen molar-refractivity contribution in [1.29, 1.82) is 0 Å². The van der Waals surface area contributed by atoms with Crippen LogP contribution >= 0.6 is 34.2 Å². The first kappa shape index (κ1) is 14.8. The molecule has 0 bridgehead atoms. The van der Waals surface area contributed by atoms with Crippen molar-refractivity contribution in [3.05, 3.63) is 32.4 Å². The minimum atomic E-state index is -0.146. The molecule has 0 aromatic heterocycles. The third-order valence-electron chi connectivity index (χ3n) is 3.16. The summed E-state index contributed by atoms with van der Waals surface area (Å²) in [7, 11) is 0. The lowest BCUT2D eigenvalue weighted by atomic mass is 9.95. The molecule has 0 saturated carbocycles. The second-order valence-corrected chi connectivity index (χ2v) is 5.92. The zero-order chi connectivity index (χ0) is 13.1. The molecule has 0 spiro atoms. The monoisotopic (exact) mass is 365 g/mol. The molecular weight excluding hydrogens is 349 g/mol. The van der Waals surface area contributed by atoms with E-state index < -0.39 is 0 Å². The van der Waals surface area contributed by atoms with Crippen LogP contribution in [0.5, 0.6) is 0 Å². The second-order valence-electron chi connectivity index (χ2n) is 4.35. The van der Waals surface area contributed by atoms with Crippen molar-refractivity contribution >= 4 is 40.1 Å². The maximum Gasteiger partial charge on any atom is 0.251 e. The average Bonchev–Trinajstić information content (AvgIpc) is 2.32. The van der Waals surface area contributed by atoms with Crippen LogP contribution in [-0.2, 0) is 0 Å². The van der Waals surface area contributed by atoms with Crippen molar-refractivity contribution in [1.82, 2.24) is 5.32 Å². The van der Waals surface area contributed by atoms with Gasteiger partial charge in [0.1, 0.15) is 0 Å². The summed E-state index contributed by atoms with van der Waals surface area (Å²) in [5, 5.41) is 3.67. The quantitative estimate of drug-likeness (QED) is 0.794. The number of rotatable bonds is 4. The Balaban J connectivity index is 2.86. The Morgan fingerprint density at radius 2 is 2.00 bits per heavy atom. The molecule has 1 rings (SSSR count). The first-order chi connectivity index (χ1) is 7.91. The number of hydrogen-bond donors (Lipinski definition) is 1. The molecule has 4 heteroatoms. The number of carbonyl (C=O) groups is 1. The number of nitrogens with one attached hydrogen (secondary N) is 1. The highest BCUT2D eigenvalue weighted by Crippen LogP contribution is 2.21.